The zero-order valence-corrected chi connectivity index (χ0v) is 37.8. The molecule has 2 bridgehead atoms. The van der Waals surface area contributed by atoms with Gasteiger partial charge in [-0.25, -0.2) is 0 Å². The van der Waals surface area contributed by atoms with Crippen molar-refractivity contribution in [2.24, 2.45) is 23.5 Å². The van der Waals surface area contributed by atoms with Gasteiger partial charge in [-0.3, -0.25) is 9.59 Å². The van der Waals surface area contributed by atoms with E-state index in [1.54, 1.807) is 38.2 Å². The second-order valence-corrected chi connectivity index (χ2v) is 17.8. The summed E-state index contributed by atoms with van der Waals surface area (Å²) in [6.45, 7) is 6.78. The monoisotopic (exact) mass is 926 g/mol. The number of aliphatic hydroxyl groups excluding tert-OH is 9. The van der Waals surface area contributed by atoms with Gasteiger partial charge in [-0.2, -0.15) is 0 Å². The molecule has 65 heavy (non-hydrogen) atoms. The van der Waals surface area contributed by atoms with Crippen molar-refractivity contribution in [1.29, 1.82) is 0 Å². The molecule has 3 aliphatic rings. The lowest BCUT2D eigenvalue weighted by Gasteiger charge is -2.45. The van der Waals surface area contributed by atoms with Gasteiger partial charge in [0.25, 0.3) is 0 Å². The van der Waals surface area contributed by atoms with Crippen LogP contribution < -0.4 is 5.73 Å². The van der Waals surface area contributed by atoms with Crippen LogP contribution in [0.15, 0.2) is 72.9 Å². The lowest BCUT2D eigenvalue weighted by Crippen LogP contribution is -2.61. The van der Waals surface area contributed by atoms with Gasteiger partial charge < -0.3 is 80.9 Å². The fourth-order valence-corrected chi connectivity index (χ4v) is 8.11. The highest BCUT2D eigenvalue weighted by atomic mass is 16.7. The van der Waals surface area contributed by atoms with Crippen molar-refractivity contribution in [2.75, 3.05) is 0 Å². The minimum Gasteiger partial charge on any atom is -0.481 e. The predicted octanol–water partition coefficient (Wildman–Crippen LogP) is 0.936. The maximum atomic E-state index is 12.6. The number of nitrogens with two attached hydrogens (primary N) is 1. The molecule has 0 unspecified atom stereocenters. The van der Waals surface area contributed by atoms with Crippen LogP contribution in [0.25, 0.3) is 0 Å². The molecule has 2 saturated heterocycles. The summed E-state index contributed by atoms with van der Waals surface area (Å²) in [5.41, 5.74) is 6.02. The number of allylic oxidation sites excluding steroid dienone is 10. The molecule has 0 aliphatic carbocycles. The Morgan fingerprint density at radius 3 is 1.94 bits per heavy atom. The van der Waals surface area contributed by atoms with Gasteiger partial charge in [0, 0.05) is 31.1 Å². The van der Waals surface area contributed by atoms with Gasteiger partial charge in [0.15, 0.2) is 12.1 Å². The summed E-state index contributed by atoms with van der Waals surface area (Å²) in [4.78, 5) is 25.1. The van der Waals surface area contributed by atoms with Crippen LogP contribution >= 0.6 is 0 Å². The summed E-state index contributed by atoms with van der Waals surface area (Å²) >= 11 is 0. The fraction of sp³-hybridized carbons (Fsp3) is 0.702. The molecule has 0 saturated carbocycles. The smallest absolute Gasteiger partial charge is 0.311 e. The summed E-state index contributed by atoms with van der Waals surface area (Å²) in [6, 6.07) is -1.14. The number of ether oxygens (including phenoxy) is 4. The molecule has 0 amide bonds. The number of carboxylic acid groups (broad SMARTS) is 1. The van der Waals surface area contributed by atoms with E-state index in [-0.39, 0.29) is 38.0 Å². The van der Waals surface area contributed by atoms with Crippen LogP contribution in [0.5, 0.6) is 0 Å². The van der Waals surface area contributed by atoms with Crippen molar-refractivity contribution in [2.45, 2.75) is 189 Å². The number of hydrogen-bond donors (Lipinski definition) is 12. The van der Waals surface area contributed by atoms with Crippen LogP contribution in [-0.2, 0) is 28.5 Å². The van der Waals surface area contributed by atoms with Gasteiger partial charge in [-0.05, 0) is 52.4 Å². The van der Waals surface area contributed by atoms with Gasteiger partial charge in [-0.1, -0.05) is 86.8 Å². The largest absolute Gasteiger partial charge is 0.481 e. The maximum absolute atomic E-state index is 12.6. The molecular weight excluding hydrogens is 851 g/mol. The van der Waals surface area contributed by atoms with E-state index >= 15 is 0 Å². The first-order valence-corrected chi connectivity index (χ1v) is 22.6. The van der Waals surface area contributed by atoms with Gasteiger partial charge >= 0.3 is 11.9 Å². The zero-order chi connectivity index (χ0) is 48.4. The highest BCUT2D eigenvalue weighted by Gasteiger charge is 2.51. The number of rotatable bonds is 3. The summed E-state index contributed by atoms with van der Waals surface area (Å²) in [5.74, 6) is -6.82. The van der Waals surface area contributed by atoms with E-state index in [4.69, 9.17) is 24.7 Å². The second-order valence-electron chi connectivity index (χ2n) is 17.8. The highest BCUT2D eigenvalue weighted by molar-refractivity contribution is 5.71. The lowest BCUT2D eigenvalue weighted by atomic mass is 9.82. The third-order valence-electron chi connectivity index (χ3n) is 12.2. The number of aliphatic hydroxyl groups is 10. The van der Waals surface area contributed by atoms with Crippen molar-refractivity contribution in [3.8, 4) is 0 Å². The first kappa shape index (κ1) is 56.1. The molecule has 2 fully saturated rings. The zero-order valence-electron chi connectivity index (χ0n) is 37.8. The quantitative estimate of drug-likeness (QED) is 0.175. The summed E-state index contributed by atoms with van der Waals surface area (Å²) < 4.78 is 23.2. The minimum absolute atomic E-state index is 0.138. The SMILES string of the molecule is C[C@@H]1[C@H](O)[C@@H](C)C=CC=CCCC=CC=CC=CC=C[C@H](O[C@H]2O[C@@H](C)[C@H](O)[C@@H](N)[C@H]2O)C[C@@H]2O[C@](O)(C[C@@H](O)[C@H](O)CC[C@@H](O)C[C@@H](O)C[C@@H](O)CC(=O)O[C@H]1C)C[C@H](O)[C@H]2C(=O)O. The van der Waals surface area contributed by atoms with E-state index in [1.807, 2.05) is 49.5 Å². The Kier molecular flexibility index (Phi) is 23.8. The highest BCUT2D eigenvalue weighted by Crippen LogP contribution is 2.38. The summed E-state index contributed by atoms with van der Waals surface area (Å²) in [5, 5.41) is 118. The third-order valence-corrected chi connectivity index (χ3v) is 12.2. The molecule has 13 N–H and O–H groups in total. The molecule has 18 nitrogen and oxygen atoms in total. The molecule has 0 aromatic heterocycles. The van der Waals surface area contributed by atoms with Crippen LogP contribution in [0.3, 0.4) is 0 Å². The van der Waals surface area contributed by atoms with Crippen LogP contribution in [-0.4, -0.2) is 166 Å². The molecule has 370 valence electrons. The molecule has 3 aliphatic heterocycles. The Labute approximate surface area is 381 Å². The molecule has 3 heterocycles. The Morgan fingerprint density at radius 2 is 1.28 bits per heavy atom. The van der Waals surface area contributed by atoms with E-state index in [2.05, 4.69) is 0 Å². The van der Waals surface area contributed by atoms with Gasteiger partial charge in [0.1, 0.15) is 18.1 Å². The van der Waals surface area contributed by atoms with E-state index in [0.29, 0.717) is 0 Å². The Bertz CT molecular complexity index is 1620. The summed E-state index contributed by atoms with van der Waals surface area (Å²) in [7, 11) is 0. The molecule has 3 rings (SSSR count). The number of cyclic esters (lactones) is 1. The van der Waals surface area contributed by atoms with Crippen LogP contribution in [0, 0.1) is 17.8 Å². The second kappa shape index (κ2) is 27.6. The van der Waals surface area contributed by atoms with Crippen LogP contribution in [0.2, 0.25) is 0 Å². The van der Waals surface area contributed by atoms with E-state index < -0.39 is 141 Å². The number of carboxylic acids is 1. The third kappa shape index (κ3) is 18.8. The van der Waals surface area contributed by atoms with Gasteiger partial charge in [-0.15, -0.1) is 0 Å². The standard InChI is InChI=1S/C47H75NO17/c1-27-17-15-13-11-9-7-5-6-8-10-12-14-16-18-34(64-46-44(58)41(48)43(57)30(4)63-46)24-38-40(45(59)60)37(54)26-47(61,65-38)25-36(53)35(52)20-19-31(49)21-32(50)22-33(51)23-39(55)62-29(3)28(2)42(27)56/h5-6,8,10-18,27-38,40-44,46,49-54,56-58,61H,7,9,19-26,48H2,1-4H3,(H,59,60)/t27-,28-,29-,30-,31+,32+,33+,34-,35+,36+,37-,38-,40+,41+,42+,43-,44+,46+,47+/m0/s1. The van der Waals surface area contributed by atoms with E-state index in [0.717, 1.165) is 12.8 Å². The fourth-order valence-electron chi connectivity index (χ4n) is 8.11. The maximum Gasteiger partial charge on any atom is 0.311 e. The molecular formula is C47H75NO17. The van der Waals surface area contributed by atoms with Crippen molar-refractivity contribution in [1.82, 2.24) is 0 Å². The number of carbonyl (C=O) groups is 2. The molecule has 0 radical (unpaired) electrons. The molecule has 0 aromatic carbocycles. The van der Waals surface area contributed by atoms with E-state index in [1.165, 1.54) is 13.0 Å². The average molecular weight is 926 g/mol. The Balaban J connectivity index is 1.84. The first-order chi connectivity index (χ1) is 30.6. The molecule has 19 atom stereocenters. The van der Waals surface area contributed by atoms with Gasteiger partial charge in [0.2, 0.25) is 0 Å². The topological polar surface area (TPSA) is 320 Å². The van der Waals surface area contributed by atoms with Crippen molar-refractivity contribution < 1.29 is 84.7 Å². The Morgan fingerprint density at radius 1 is 0.692 bits per heavy atom. The first-order valence-electron chi connectivity index (χ1n) is 22.6. The number of fused-ring (bicyclic) bond motifs is 2. The molecule has 0 aromatic rings. The van der Waals surface area contributed by atoms with Crippen molar-refractivity contribution >= 4 is 11.9 Å². The summed E-state index contributed by atoms with van der Waals surface area (Å²) in [6.07, 6.45) is 2.28. The van der Waals surface area contributed by atoms with Crippen molar-refractivity contribution in [3.63, 3.8) is 0 Å². The number of hydrogen-bond acceptors (Lipinski definition) is 17. The Hall–Kier alpha value is -3.18. The van der Waals surface area contributed by atoms with Crippen LogP contribution in [0.4, 0.5) is 0 Å². The number of aliphatic carboxylic acids is 1. The average Bonchev–Trinajstić information content (AvgIpc) is 3.21. The number of esters is 1. The van der Waals surface area contributed by atoms with Crippen LogP contribution in [0.1, 0.15) is 91.9 Å². The molecule has 0 spiro atoms. The molecule has 18 heteroatoms. The normalized spacial score (nSPS) is 42.3. The minimum atomic E-state index is -2.35. The van der Waals surface area contributed by atoms with Gasteiger partial charge in [0.05, 0.1) is 79.6 Å². The van der Waals surface area contributed by atoms with E-state index in [9.17, 15) is 65.8 Å². The number of carbonyl (C=O) groups excluding carboxylic acids is 1. The van der Waals surface area contributed by atoms with Crippen molar-refractivity contribution in [3.05, 3.63) is 72.9 Å². The predicted molar refractivity (Wildman–Crippen MR) is 237 cm³/mol. The lowest BCUT2D eigenvalue weighted by molar-refractivity contribution is -0.310.